The average molecular weight is 166 g/mol. The highest BCUT2D eigenvalue weighted by atomic mass is 16.2. The van der Waals surface area contributed by atoms with Gasteiger partial charge in [0.05, 0.1) is 0 Å². The van der Waals surface area contributed by atoms with Gasteiger partial charge in [0, 0.05) is 18.3 Å². The number of aromatic nitrogens is 2. The molecule has 0 radical (unpaired) electrons. The van der Waals surface area contributed by atoms with E-state index in [1.54, 1.807) is 13.0 Å². The Morgan fingerprint density at radius 3 is 2.92 bits per heavy atom. The van der Waals surface area contributed by atoms with Crippen LogP contribution < -0.4 is 11.2 Å². The van der Waals surface area contributed by atoms with E-state index in [-0.39, 0.29) is 5.56 Å². The summed E-state index contributed by atoms with van der Waals surface area (Å²) in [6.45, 7) is 5.56. The summed E-state index contributed by atoms with van der Waals surface area (Å²) >= 11 is 0. The Morgan fingerprint density at radius 2 is 2.33 bits per heavy atom. The summed E-state index contributed by atoms with van der Waals surface area (Å²) in [5.41, 5.74) is -0.206. The summed E-state index contributed by atoms with van der Waals surface area (Å²) in [5, 5.41) is 0. The van der Waals surface area contributed by atoms with Crippen molar-refractivity contribution >= 4 is 0 Å². The van der Waals surface area contributed by atoms with E-state index in [1.807, 2.05) is 0 Å². The molecule has 1 rings (SSSR count). The van der Waals surface area contributed by atoms with Crippen LogP contribution in [0.1, 0.15) is 5.56 Å². The Balaban J connectivity index is 3.32. The van der Waals surface area contributed by atoms with Crippen LogP contribution in [0.3, 0.4) is 0 Å². The van der Waals surface area contributed by atoms with Gasteiger partial charge >= 0.3 is 5.69 Å². The third kappa shape index (κ3) is 1.53. The Bertz CT molecular complexity index is 400. The van der Waals surface area contributed by atoms with Crippen molar-refractivity contribution in [2.45, 2.75) is 13.5 Å². The zero-order valence-corrected chi connectivity index (χ0v) is 6.83. The number of aryl methyl sites for hydroxylation is 1. The molecular formula is C8H10N2O2. The largest absolute Gasteiger partial charge is 0.328 e. The lowest BCUT2D eigenvalue weighted by Crippen LogP contribution is -2.30. The predicted octanol–water partition coefficient (Wildman–Crippen LogP) is 0.0310. The van der Waals surface area contributed by atoms with Gasteiger partial charge in [-0.05, 0) is 6.92 Å². The highest BCUT2D eigenvalue weighted by molar-refractivity contribution is 5.01. The van der Waals surface area contributed by atoms with Crippen molar-refractivity contribution in [1.82, 2.24) is 9.55 Å². The van der Waals surface area contributed by atoms with Gasteiger partial charge in [0.1, 0.15) is 0 Å². The number of rotatable bonds is 2. The lowest BCUT2D eigenvalue weighted by Gasteiger charge is -2.00. The fourth-order valence-electron chi connectivity index (χ4n) is 0.893. The Hall–Kier alpha value is -1.58. The summed E-state index contributed by atoms with van der Waals surface area (Å²) in [7, 11) is 0. The van der Waals surface area contributed by atoms with Gasteiger partial charge < -0.3 is 0 Å². The minimum Gasteiger partial charge on any atom is -0.297 e. The van der Waals surface area contributed by atoms with Crippen molar-refractivity contribution in [2.24, 2.45) is 0 Å². The zero-order valence-electron chi connectivity index (χ0n) is 6.83. The van der Waals surface area contributed by atoms with Crippen LogP contribution in [-0.4, -0.2) is 9.55 Å². The first kappa shape index (κ1) is 8.52. The SMILES string of the molecule is C=CCn1cc(C)c(=O)[nH]c1=O. The molecule has 0 spiro atoms. The molecular weight excluding hydrogens is 156 g/mol. The van der Waals surface area contributed by atoms with Gasteiger partial charge in [-0.3, -0.25) is 14.3 Å². The smallest absolute Gasteiger partial charge is 0.297 e. The molecule has 0 amide bonds. The second-order valence-corrected chi connectivity index (χ2v) is 2.51. The third-order valence-electron chi connectivity index (χ3n) is 1.51. The number of nitrogens with one attached hydrogen (secondary N) is 1. The second-order valence-electron chi connectivity index (χ2n) is 2.51. The molecule has 12 heavy (non-hydrogen) atoms. The predicted molar refractivity (Wildman–Crippen MR) is 46.3 cm³/mol. The van der Waals surface area contributed by atoms with Crippen molar-refractivity contribution in [3.05, 3.63) is 45.3 Å². The lowest BCUT2D eigenvalue weighted by molar-refractivity contribution is 0.729. The molecule has 4 heteroatoms. The fourth-order valence-corrected chi connectivity index (χ4v) is 0.893. The van der Waals surface area contributed by atoms with Crippen LogP contribution in [0.5, 0.6) is 0 Å². The number of hydrogen-bond donors (Lipinski definition) is 1. The van der Waals surface area contributed by atoms with Crippen LogP contribution in [0.15, 0.2) is 28.4 Å². The molecule has 0 unspecified atom stereocenters. The van der Waals surface area contributed by atoms with E-state index in [2.05, 4.69) is 11.6 Å². The van der Waals surface area contributed by atoms with Crippen LogP contribution in [0.25, 0.3) is 0 Å². The highest BCUT2D eigenvalue weighted by Crippen LogP contribution is 1.83. The molecule has 0 bridgehead atoms. The maximum atomic E-state index is 11.0. The van der Waals surface area contributed by atoms with Crippen molar-refractivity contribution in [1.29, 1.82) is 0 Å². The molecule has 0 atom stereocenters. The maximum Gasteiger partial charge on any atom is 0.328 e. The third-order valence-corrected chi connectivity index (χ3v) is 1.51. The van der Waals surface area contributed by atoms with Gasteiger partial charge in [-0.25, -0.2) is 4.79 Å². The molecule has 1 aromatic heterocycles. The highest BCUT2D eigenvalue weighted by Gasteiger charge is 1.97. The second kappa shape index (κ2) is 3.21. The van der Waals surface area contributed by atoms with Gasteiger partial charge in [-0.2, -0.15) is 0 Å². The molecule has 0 aliphatic rings. The number of aromatic amines is 1. The van der Waals surface area contributed by atoms with Crippen molar-refractivity contribution in [3.63, 3.8) is 0 Å². The molecule has 1 heterocycles. The van der Waals surface area contributed by atoms with Crippen LogP contribution in [0.4, 0.5) is 0 Å². The molecule has 0 fully saturated rings. The fraction of sp³-hybridized carbons (Fsp3) is 0.250. The molecule has 0 aromatic carbocycles. The van der Waals surface area contributed by atoms with Gasteiger partial charge in [-0.1, -0.05) is 6.08 Å². The quantitative estimate of drug-likeness (QED) is 0.630. The standard InChI is InChI=1S/C8H10N2O2/c1-3-4-10-5-6(2)7(11)9-8(10)12/h3,5H,1,4H2,2H3,(H,9,11,12). The Morgan fingerprint density at radius 1 is 1.67 bits per heavy atom. The summed E-state index contributed by atoms with van der Waals surface area (Å²) in [6.07, 6.45) is 3.11. The number of allylic oxidation sites excluding steroid dienone is 1. The molecule has 0 saturated carbocycles. The van der Waals surface area contributed by atoms with Gasteiger partial charge in [-0.15, -0.1) is 6.58 Å². The van der Waals surface area contributed by atoms with Gasteiger partial charge in [0.25, 0.3) is 5.56 Å². The van der Waals surface area contributed by atoms with Crippen LogP contribution in [-0.2, 0) is 6.54 Å². The summed E-state index contributed by atoms with van der Waals surface area (Å²) in [6, 6.07) is 0. The molecule has 64 valence electrons. The van der Waals surface area contributed by atoms with Gasteiger partial charge in [0.15, 0.2) is 0 Å². The maximum absolute atomic E-state index is 11.0. The molecule has 0 aliphatic carbocycles. The minimum absolute atomic E-state index is 0.333. The van der Waals surface area contributed by atoms with Gasteiger partial charge in [0.2, 0.25) is 0 Å². The topological polar surface area (TPSA) is 54.9 Å². The number of nitrogens with zero attached hydrogens (tertiary/aromatic N) is 1. The van der Waals surface area contributed by atoms with E-state index in [1.165, 1.54) is 10.8 Å². The zero-order chi connectivity index (χ0) is 9.14. The monoisotopic (exact) mass is 166 g/mol. The molecule has 1 N–H and O–H groups in total. The van der Waals surface area contributed by atoms with Crippen molar-refractivity contribution in [3.8, 4) is 0 Å². The van der Waals surface area contributed by atoms with Crippen LogP contribution >= 0.6 is 0 Å². The summed E-state index contributed by atoms with van der Waals surface area (Å²) in [4.78, 5) is 24.1. The van der Waals surface area contributed by atoms with E-state index < -0.39 is 5.69 Å². The first-order valence-electron chi connectivity index (χ1n) is 3.56. The lowest BCUT2D eigenvalue weighted by atomic mass is 10.4. The Labute approximate surface area is 69.2 Å². The van der Waals surface area contributed by atoms with Crippen LogP contribution in [0.2, 0.25) is 0 Å². The minimum atomic E-state index is -0.398. The van der Waals surface area contributed by atoms with E-state index in [4.69, 9.17) is 0 Å². The average Bonchev–Trinajstić information content (AvgIpc) is 2.01. The van der Waals surface area contributed by atoms with Crippen LogP contribution in [0, 0.1) is 6.92 Å². The van der Waals surface area contributed by atoms with Crippen molar-refractivity contribution in [2.75, 3.05) is 0 Å². The number of hydrogen-bond acceptors (Lipinski definition) is 2. The summed E-state index contributed by atoms with van der Waals surface area (Å²) in [5.74, 6) is 0. The van der Waals surface area contributed by atoms with E-state index in [0.29, 0.717) is 12.1 Å². The normalized spacial score (nSPS) is 9.75. The van der Waals surface area contributed by atoms with E-state index in [0.717, 1.165) is 0 Å². The first-order valence-corrected chi connectivity index (χ1v) is 3.56. The first-order chi connectivity index (χ1) is 5.65. The van der Waals surface area contributed by atoms with E-state index >= 15 is 0 Å². The molecule has 4 nitrogen and oxygen atoms in total. The number of H-pyrrole nitrogens is 1. The molecule has 0 aliphatic heterocycles. The van der Waals surface area contributed by atoms with Crippen molar-refractivity contribution < 1.29 is 0 Å². The molecule has 0 saturated heterocycles. The molecule has 1 aromatic rings. The summed E-state index contributed by atoms with van der Waals surface area (Å²) < 4.78 is 1.39. The van der Waals surface area contributed by atoms with E-state index in [9.17, 15) is 9.59 Å². The Kier molecular flexibility index (Phi) is 2.28.